The molecular weight excluding hydrogens is 208 g/mol. The first-order chi connectivity index (χ1) is 8.22. The lowest BCUT2D eigenvalue weighted by atomic mass is 9.67. The lowest BCUT2D eigenvalue weighted by molar-refractivity contribution is -0.115. The second-order valence-corrected chi connectivity index (χ2v) is 6.56. The molecule has 2 fully saturated rings. The Morgan fingerprint density at radius 2 is 2.06 bits per heavy atom. The Balaban J connectivity index is 1.83. The van der Waals surface area contributed by atoms with Gasteiger partial charge < -0.3 is 0 Å². The number of allylic oxidation sites excluding steroid dienone is 2. The molecule has 0 aromatic carbocycles. The standard InChI is InChI=1S/C16H24O/c1-2-15(17)14-9-13(12-5-6-12)10-16(11-14)7-3-4-8-16/h9,12-13H,2-8,10-11H2,1H3. The van der Waals surface area contributed by atoms with Gasteiger partial charge in [-0.05, 0) is 61.3 Å². The van der Waals surface area contributed by atoms with E-state index in [0.29, 0.717) is 17.6 Å². The Kier molecular flexibility index (Phi) is 2.88. The summed E-state index contributed by atoms with van der Waals surface area (Å²) in [6.07, 6.45) is 13.9. The molecule has 1 atom stereocenters. The molecule has 0 N–H and O–H groups in total. The maximum Gasteiger partial charge on any atom is 0.158 e. The molecule has 94 valence electrons. The molecule has 0 radical (unpaired) electrons. The fourth-order valence-corrected chi connectivity index (χ4v) is 4.10. The summed E-state index contributed by atoms with van der Waals surface area (Å²) in [5, 5.41) is 0. The molecule has 1 heteroatoms. The summed E-state index contributed by atoms with van der Waals surface area (Å²) in [7, 11) is 0. The minimum absolute atomic E-state index is 0.418. The van der Waals surface area contributed by atoms with Gasteiger partial charge in [0.2, 0.25) is 0 Å². The fraction of sp³-hybridized carbons (Fsp3) is 0.812. The average Bonchev–Trinajstić information content (AvgIpc) is 3.11. The predicted molar refractivity (Wildman–Crippen MR) is 69.7 cm³/mol. The van der Waals surface area contributed by atoms with Crippen molar-refractivity contribution in [1.29, 1.82) is 0 Å². The predicted octanol–water partition coefficient (Wildman–Crippen LogP) is 4.27. The van der Waals surface area contributed by atoms with Crippen LogP contribution in [0.3, 0.4) is 0 Å². The van der Waals surface area contributed by atoms with Crippen molar-refractivity contribution in [3.8, 4) is 0 Å². The van der Waals surface area contributed by atoms with Crippen molar-refractivity contribution in [2.75, 3.05) is 0 Å². The van der Waals surface area contributed by atoms with E-state index >= 15 is 0 Å². The molecule has 3 rings (SSSR count). The van der Waals surface area contributed by atoms with Gasteiger partial charge in [0.05, 0.1) is 0 Å². The van der Waals surface area contributed by atoms with E-state index in [1.54, 1.807) is 0 Å². The topological polar surface area (TPSA) is 17.1 Å². The van der Waals surface area contributed by atoms with E-state index in [9.17, 15) is 4.79 Å². The Morgan fingerprint density at radius 3 is 2.65 bits per heavy atom. The summed E-state index contributed by atoms with van der Waals surface area (Å²) in [6, 6.07) is 0. The zero-order valence-electron chi connectivity index (χ0n) is 11.0. The highest BCUT2D eigenvalue weighted by atomic mass is 16.1. The van der Waals surface area contributed by atoms with Crippen LogP contribution in [0.15, 0.2) is 11.6 Å². The van der Waals surface area contributed by atoms with Crippen LogP contribution in [0.4, 0.5) is 0 Å². The van der Waals surface area contributed by atoms with Crippen molar-refractivity contribution in [3.63, 3.8) is 0 Å². The van der Waals surface area contributed by atoms with E-state index in [0.717, 1.165) is 18.3 Å². The Labute approximate surface area is 105 Å². The second-order valence-electron chi connectivity index (χ2n) is 6.56. The van der Waals surface area contributed by atoms with Crippen LogP contribution < -0.4 is 0 Å². The van der Waals surface area contributed by atoms with E-state index < -0.39 is 0 Å². The highest BCUT2D eigenvalue weighted by Gasteiger charge is 2.43. The van der Waals surface area contributed by atoms with Crippen molar-refractivity contribution in [3.05, 3.63) is 11.6 Å². The molecule has 3 aliphatic carbocycles. The number of carbonyl (C=O) groups is 1. The van der Waals surface area contributed by atoms with E-state index in [-0.39, 0.29) is 0 Å². The van der Waals surface area contributed by atoms with Crippen LogP contribution in [-0.2, 0) is 4.79 Å². The van der Waals surface area contributed by atoms with Crippen LogP contribution in [0.2, 0.25) is 0 Å². The Bertz CT molecular complexity index is 343. The third-order valence-corrected chi connectivity index (χ3v) is 5.22. The Morgan fingerprint density at radius 1 is 1.35 bits per heavy atom. The number of hydrogen-bond acceptors (Lipinski definition) is 1. The number of rotatable bonds is 3. The summed E-state index contributed by atoms with van der Waals surface area (Å²) in [4.78, 5) is 12.0. The van der Waals surface area contributed by atoms with E-state index in [1.165, 1.54) is 50.5 Å². The first kappa shape index (κ1) is 11.5. The van der Waals surface area contributed by atoms with Gasteiger partial charge in [0, 0.05) is 6.42 Å². The van der Waals surface area contributed by atoms with Gasteiger partial charge >= 0.3 is 0 Å². The van der Waals surface area contributed by atoms with Crippen molar-refractivity contribution in [1.82, 2.24) is 0 Å². The van der Waals surface area contributed by atoms with Crippen molar-refractivity contribution < 1.29 is 4.79 Å². The van der Waals surface area contributed by atoms with Gasteiger partial charge in [-0.1, -0.05) is 25.8 Å². The summed E-state index contributed by atoms with van der Waals surface area (Å²) in [6.45, 7) is 2.01. The SMILES string of the molecule is CCC(=O)C1=CC(C2CC2)CC2(CCCC2)C1. The molecule has 1 nitrogen and oxygen atoms in total. The summed E-state index contributed by atoms with van der Waals surface area (Å²) in [5.41, 5.74) is 1.72. The smallest absolute Gasteiger partial charge is 0.158 e. The number of carbonyl (C=O) groups excluding carboxylic acids is 1. The van der Waals surface area contributed by atoms with Crippen LogP contribution >= 0.6 is 0 Å². The van der Waals surface area contributed by atoms with Gasteiger partial charge in [-0.15, -0.1) is 0 Å². The third kappa shape index (κ3) is 2.21. The summed E-state index contributed by atoms with van der Waals surface area (Å²) >= 11 is 0. The van der Waals surface area contributed by atoms with Crippen molar-refractivity contribution >= 4 is 5.78 Å². The van der Waals surface area contributed by atoms with Crippen molar-refractivity contribution in [2.24, 2.45) is 17.3 Å². The van der Waals surface area contributed by atoms with E-state index in [2.05, 4.69) is 6.08 Å². The van der Waals surface area contributed by atoms with Crippen LogP contribution in [0.25, 0.3) is 0 Å². The molecule has 0 amide bonds. The maximum atomic E-state index is 12.0. The fourth-order valence-electron chi connectivity index (χ4n) is 4.10. The molecule has 0 aliphatic heterocycles. The lowest BCUT2D eigenvalue weighted by Gasteiger charge is -2.37. The summed E-state index contributed by atoms with van der Waals surface area (Å²) < 4.78 is 0. The van der Waals surface area contributed by atoms with Gasteiger partial charge in [-0.2, -0.15) is 0 Å². The van der Waals surface area contributed by atoms with Crippen LogP contribution in [0.1, 0.15) is 64.7 Å². The molecule has 1 unspecified atom stereocenters. The zero-order chi connectivity index (χ0) is 11.9. The van der Waals surface area contributed by atoms with Gasteiger partial charge in [0.25, 0.3) is 0 Å². The zero-order valence-corrected chi connectivity index (χ0v) is 11.0. The van der Waals surface area contributed by atoms with Gasteiger partial charge in [-0.25, -0.2) is 0 Å². The normalized spacial score (nSPS) is 31.6. The third-order valence-electron chi connectivity index (χ3n) is 5.22. The van der Waals surface area contributed by atoms with Crippen LogP contribution in [0, 0.1) is 17.3 Å². The van der Waals surface area contributed by atoms with Gasteiger partial charge in [0.15, 0.2) is 5.78 Å². The molecular formula is C16H24O. The van der Waals surface area contributed by atoms with Crippen LogP contribution in [-0.4, -0.2) is 5.78 Å². The molecule has 0 aromatic heterocycles. The number of Topliss-reactive ketones (excluding diaryl/α,β-unsaturated/α-hetero) is 1. The molecule has 0 bridgehead atoms. The first-order valence-electron chi connectivity index (χ1n) is 7.46. The molecule has 3 aliphatic rings. The number of ketones is 1. The lowest BCUT2D eigenvalue weighted by Crippen LogP contribution is -2.28. The Hall–Kier alpha value is -0.590. The van der Waals surface area contributed by atoms with E-state index in [4.69, 9.17) is 0 Å². The average molecular weight is 232 g/mol. The monoisotopic (exact) mass is 232 g/mol. The van der Waals surface area contributed by atoms with Gasteiger partial charge in [0.1, 0.15) is 0 Å². The highest BCUT2D eigenvalue weighted by Crippen LogP contribution is 2.55. The first-order valence-corrected chi connectivity index (χ1v) is 7.46. The maximum absolute atomic E-state index is 12.0. The second kappa shape index (κ2) is 4.26. The molecule has 0 aromatic rings. The molecule has 17 heavy (non-hydrogen) atoms. The van der Waals surface area contributed by atoms with Gasteiger partial charge in [-0.3, -0.25) is 4.79 Å². The van der Waals surface area contributed by atoms with Crippen LogP contribution in [0.5, 0.6) is 0 Å². The highest BCUT2D eigenvalue weighted by molar-refractivity contribution is 5.95. The minimum atomic E-state index is 0.418. The minimum Gasteiger partial charge on any atom is -0.295 e. The number of hydrogen-bond donors (Lipinski definition) is 0. The summed E-state index contributed by atoms with van der Waals surface area (Å²) in [5.74, 6) is 2.08. The molecule has 0 heterocycles. The van der Waals surface area contributed by atoms with Crippen molar-refractivity contribution in [2.45, 2.75) is 64.7 Å². The molecule has 1 spiro atoms. The molecule has 0 saturated heterocycles. The quantitative estimate of drug-likeness (QED) is 0.710. The van der Waals surface area contributed by atoms with E-state index in [1.807, 2.05) is 6.92 Å². The molecule has 2 saturated carbocycles. The largest absolute Gasteiger partial charge is 0.295 e.